The summed E-state index contributed by atoms with van der Waals surface area (Å²) in [5.41, 5.74) is 8.66. The molecular formula is C15H20ClN3O. The van der Waals surface area contributed by atoms with E-state index in [9.17, 15) is 0 Å². The van der Waals surface area contributed by atoms with Crippen LogP contribution >= 0.6 is 11.6 Å². The van der Waals surface area contributed by atoms with Gasteiger partial charge in [0, 0.05) is 18.2 Å². The van der Waals surface area contributed by atoms with Crippen LogP contribution in [0.3, 0.4) is 0 Å². The maximum Gasteiger partial charge on any atom is 0.131 e. The van der Waals surface area contributed by atoms with Crippen molar-refractivity contribution >= 4 is 11.6 Å². The lowest BCUT2D eigenvalue weighted by Gasteiger charge is -2.14. The molecule has 0 aliphatic heterocycles. The third-order valence-electron chi connectivity index (χ3n) is 3.23. The Balaban J connectivity index is 2.21. The number of nitrogens with two attached hydrogens (primary N) is 1. The van der Waals surface area contributed by atoms with Crippen molar-refractivity contribution in [3.63, 3.8) is 0 Å². The standard InChI is InChI=1S/C15H20ClN3O/c1-4-19-13(15(16)11(3)18-19)9-20-14-8-6-5-7-12(14)10(2)17/h5-8,10H,4,9,17H2,1-3H3/t10-/m0/s1. The molecule has 20 heavy (non-hydrogen) atoms. The second-order valence-corrected chi connectivity index (χ2v) is 5.15. The highest BCUT2D eigenvalue weighted by molar-refractivity contribution is 6.31. The van der Waals surface area contributed by atoms with Gasteiger partial charge in [0.2, 0.25) is 0 Å². The second-order valence-electron chi connectivity index (χ2n) is 4.78. The van der Waals surface area contributed by atoms with Crippen LogP contribution < -0.4 is 10.5 Å². The molecule has 1 aromatic heterocycles. The van der Waals surface area contributed by atoms with Gasteiger partial charge in [-0.3, -0.25) is 4.68 Å². The smallest absolute Gasteiger partial charge is 0.131 e. The normalized spacial score (nSPS) is 12.4. The molecule has 4 nitrogen and oxygen atoms in total. The molecule has 0 saturated heterocycles. The average Bonchev–Trinajstić information content (AvgIpc) is 2.72. The minimum absolute atomic E-state index is 0.0699. The van der Waals surface area contributed by atoms with Crippen LogP contribution in [-0.4, -0.2) is 9.78 Å². The number of benzene rings is 1. The molecule has 0 bridgehead atoms. The summed E-state index contributed by atoms with van der Waals surface area (Å²) in [6, 6.07) is 7.72. The zero-order chi connectivity index (χ0) is 14.7. The van der Waals surface area contributed by atoms with Crippen LogP contribution in [0, 0.1) is 6.92 Å². The number of aromatic nitrogens is 2. The van der Waals surface area contributed by atoms with Crippen LogP contribution in [0.15, 0.2) is 24.3 Å². The Morgan fingerprint density at radius 1 is 1.40 bits per heavy atom. The second kappa shape index (κ2) is 6.29. The highest BCUT2D eigenvalue weighted by Gasteiger charge is 2.14. The molecule has 108 valence electrons. The van der Waals surface area contributed by atoms with E-state index in [0.29, 0.717) is 11.6 Å². The molecule has 0 spiro atoms. The van der Waals surface area contributed by atoms with E-state index >= 15 is 0 Å². The summed E-state index contributed by atoms with van der Waals surface area (Å²) in [6.07, 6.45) is 0. The van der Waals surface area contributed by atoms with E-state index in [1.165, 1.54) is 0 Å². The van der Waals surface area contributed by atoms with Crippen LogP contribution in [0.2, 0.25) is 5.02 Å². The summed E-state index contributed by atoms with van der Waals surface area (Å²) >= 11 is 6.27. The van der Waals surface area contributed by atoms with E-state index in [2.05, 4.69) is 5.10 Å². The first-order valence-electron chi connectivity index (χ1n) is 6.73. The summed E-state index contributed by atoms with van der Waals surface area (Å²) in [4.78, 5) is 0. The highest BCUT2D eigenvalue weighted by Crippen LogP contribution is 2.26. The number of nitrogens with zero attached hydrogens (tertiary/aromatic N) is 2. The van der Waals surface area contributed by atoms with Crippen LogP contribution in [0.25, 0.3) is 0 Å². The minimum atomic E-state index is -0.0699. The number of halogens is 1. The van der Waals surface area contributed by atoms with Gasteiger partial charge in [-0.15, -0.1) is 0 Å². The van der Waals surface area contributed by atoms with E-state index in [0.717, 1.165) is 29.2 Å². The van der Waals surface area contributed by atoms with Gasteiger partial charge in [-0.25, -0.2) is 0 Å². The van der Waals surface area contributed by atoms with Crippen molar-refractivity contribution in [2.45, 2.75) is 40.0 Å². The lowest BCUT2D eigenvalue weighted by atomic mass is 10.1. The summed E-state index contributed by atoms with van der Waals surface area (Å²) in [5.74, 6) is 0.792. The molecule has 1 aromatic carbocycles. The summed E-state index contributed by atoms with van der Waals surface area (Å²) in [7, 11) is 0. The average molecular weight is 294 g/mol. The van der Waals surface area contributed by atoms with Gasteiger partial charge < -0.3 is 10.5 Å². The minimum Gasteiger partial charge on any atom is -0.487 e. The first-order valence-corrected chi connectivity index (χ1v) is 7.11. The van der Waals surface area contributed by atoms with Crippen molar-refractivity contribution in [1.29, 1.82) is 0 Å². The van der Waals surface area contributed by atoms with Gasteiger partial charge in [-0.1, -0.05) is 29.8 Å². The lowest BCUT2D eigenvalue weighted by Crippen LogP contribution is -2.10. The molecule has 0 radical (unpaired) electrons. The molecule has 0 aliphatic rings. The third kappa shape index (κ3) is 2.97. The molecule has 2 aromatic rings. The summed E-state index contributed by atoms with van der Waals surface area (Å²) < 4.78 is 7.76. The van der Waals surface area contributed by atoms with Crippen molar-refractivity contribution in [1.82, 2.24) is 9.78 Å². The van der Waals surface area contributed by atoms with E-state index in [1.807, 2.05) is 49.7 Å². The van der Waals surface area contributed by atoms with E-state index < -0.39 is 0 Å². The quantitative estimate of drug-likeness (QED) is 0.918. The molecule has 0 saturated carbocycles. The fourth-order valence-corrected chi connectivity index (χ4v) is 2.33. The summed E-state index contributed by atoms with van der Waals surface area (Å²) in [5, 5.41) is 5.05. The van der Waals surface area contributed by atoms with Crippen molar-refractivity contribution in [2.24, 2.45) is 5.73 Å². The number of rotatable bonds is 5. The molecule has 5 heteroatoms. The van der Waals surface area contributed by atoms with Gasteiger partial charge >= 0.3 is 0 Å². The first-order chi connectivity index (χ1) is 9.54. The molecule has 2 N–H and O–H groups in total. The number of para-hydroxylation sites is 1. The number of hydrogen-bond donors (Lipinski definition) is 1. The maximum absolute atomic E-state index is 6.27. The molecule has 1 atom stereocenters. The predicted octanol–water partition coefficient (Wildman–Crippen LogP) is 3.46. The Hall–Kier alpha value is -1.52. The Morgan fingerprint density at radius 3 is 2.75 bits per heavy atom. The molecule has 1 heterocycles. The first kappa shape index (κ1) is 14.9. The fraction of sp³-hybridized carbons (Fsp3) is 0.400. The van der Waals surface area contributed by atoms with E-state index in [1.54, 1.807) is 0 Å². The molecular weight excluding hydrogens is 274 g/mol. The maximum atomic E-state index is 6.27. The molecule has 2 rings (SSSR count). The van der Waals surface area contributed by atoms with Crippen molar-refractivity contribution in [2.75, 3.05) is 0 Å². The Kier molecular flexibility index (Phi) is 4.68. The van der Waals surface area contributed by atoms with Crippen molar-refractivity contribution in [3.05, 3.63) is 46.2 Å². The Morgan fingerprint density at radius 2 is 2.10 bits per heavy atom. The Labute approximate surface area is 124 Å². The van der Waals surface area contributed by atoms with Crippen LogP contribution in [-0.2, 0) is 13.2 Å². The summed E-state index contributed by atoms with van der Waals surface area (Å²) in [6.45, 7) is 7.02. The van der Waals surface area contributed by atoms with Gasteiger partial charge in [0.1, 0.15) is 12.4 Å². The van der Waals surface area contributed by atoms with Gasteiger partial charge in [0.25, 0.3) is 0 Å². The van der Waals surface area contributed by atoms with Crippen LogP contribution in [0.1, 0.15) is 36.8 Å². The number of hydrogen-bond acceptors (Lipinski definition) is 3. The van der Waals surface area contributed by atoms with Crippen LogP contribution in [0.5, 0.6) is 5.75 Å². The van der Waals surface area contributed by atoms with Gasteiger partial charge in [0.05, 0.1) is 16.4 Å². The van der Waals surface area contributed by atoms with Crippen molar-refractivity contribution < 1.29 is 4.74 Å². The van der Waals surface area contributed by atoms with Crippen molar-refractivity contribution in [3.8, 4) is 5.75 Å². The largest absolute Gasteiger partial charge is 0.487 e. The van der Waals surface area contributed by atoms with Crippen LogP contribution in [0.4, 0.5) is 0 Å². The Bertz CT molecular complexity index is 593. The zero-order valence-corrected chi connectivity index (χ0v) is 12.8. The molecule has 0 amide bonds. The van der Waals surface area contributed by atoms with E-state index in [4.69, 9.17) is 22.1 Å². The highest BCUT2D eigenvalue weighted by atomic mass is 35.5. The number of ether oxygens (including phenoxy) is 1. The SMILES string of the molecule is CCn1nc(C)c(Cl)c1COc1ccccc1[C@H](C)N. The monoisotopic (exact) mass is 293 g/mol. The van der Waals surface area contributed by atoms with Gasteiger partial charge in [0.15, 0.2) is 0 Å². The zero-order valence-electron chi connectivity index (χ0n) is 12.1. The third-order valence-corrected chi connectivity index (χ3v) is 3.72. The fourth-order valence-electron chi connectivity index (χ4n) is 2.14. The molecule has 0 fully saturated rings. The van der Waals surface area contributed by atoms with Gasteiger partial charge in [-0.05, 0) is 26.8 Å². The topological polar surface area (TPSA) is 53.1 Å². The number of aryl methyl sites for hydroxylation is 2. The van der Waals surface area contributed by atoms with Gasteiger partial charge in [-0.2, -0.15) is 5.10 Å². The predicted molar refractivity (Wildman–Crippen MR) is 81.0 cm³/mol. The lowest BCUT2D eigenvalue weighted by molar-refractivity contribution is 0.288. The molecule has 0 unspecified atom stereocenters. The molecule has 0 aliphatic carbocycles. The van der Waals surface area contributed by atoms with E-state index in [-0.39, 0.29) is 6.04 Å².